The number of carbonyl (C=O) groups excluding carboxylic acids is 4. The number of aromatic nitrogens is 1. The second-order valence-electron chi connectivity index (χ2n) is 8.69. The number of rotatable bonds is 13. The topological polar surface area (TPSA) is 153 Å². The lowest BCUT2D eigenvalue weighted by molar-refractivity contribution is -0.137. The Morgan fingerprint density at radius 3 is 2.51 bits per heavy atom. The van der Waals surface area contributed by atoms with Crippen molar-refractivity contribution in [3.05, 3.63) is 77.0 Å². The summed E-state index contributed by atoms with van der Waals surface area (Å²) in [7, 11) is 1.54. The first-order chi connectivity index (χ1) is 18.7. The molecular formula is C28H31ClN4O6. The number of esters is 1. The van der Waals surface area contributed by atoms with E-state index in [1.54, 1.807) is 56.5 Å². The number of methoxy groups -OCH3 is 1. The van der Waals surface area contributed by atoms with Crippen molar-refractivity contribution in [1.82, 2.24) is 15.6 Å². The van der Waals surface area contributed by atoms with E-state index in [2.05, 4.69) is 15.6 Å². The molecule has 1 aromatic heterocycles. The zero-order chi connectivity index (χ0) is 28.4. The minimum Gasteiger partial charge on any atom is -0.496 e. The molecule has 0 aliphatic rings. The Morgan fingerprint density at radius 2 is 1.85 bits per heavy atom. The maximum atomic E-state index is 13.4. The minimum absolute atomic E-state index is 0.0246. The van der Waals surface area contributed by atoms with E-state index in [-0.39, 0.29) is 31.6 Å². The number of nitrogens with one attached hydrogen (secondary N) is 3. The zero-order valence-corrected chi connectivity index (χ0v) is 22.4. The summed E-state index contributed by atoms with van der Waals surface area (Å²) in [5, 5.41) is 6.83. The molecule has 0 bridgehead atoms. The fourth-order valence-corrected chi connectivity index (χ4v) is 4.04. The van der Waals surface area contributed by atoms with Crippen LogP contribution >= 0.6 is 11.6 Å². The monoisotopic (exact) mass is 554 g/mol. The molecule has 206 valence electrons. The van der Waals surface area contributed by atoms with Gasteiger partial charge in [-0.25, -0.2) is 4.79 Å². The van der Waals surface area contributed by atoms with Crippen molar-refractivity contribution in [2.24, 2.45) is 5.73 Å². The Morgan fingerprint density at radius 1 is 1.10 bits per heavy atom. The fourth-order valence-electron chi connectivity index (χ4n) is 3.91. The molecule has 3 amide bonds. The van der Waals surface area contributed by atoms with Crippen LogP contribution in [0.25, 0.3) is 10.9 Å². The molecule has 1 heterocycles. The molecule has 3 aromatic rings. The predicted octanol–water partition coefficient (Wildman–Crippen LogP) is 3.04. The molecule has 10 nitrogen and oxygen atoms in total. The van der Waals surface area contributed by atoms with Gasteiger partial charge in [0.2, 0.25) is 11.8 Å². The van der Waals surface area contributed by atoms with E-state index in [0.717, 1.165) is 10.9 Å². The number of hydrogen-bond donors (Lipinski definition) is 4. The summed E-state index contributed by atoms with van der Waals surface area (Å²) >= 11 is 6.00. The van der Waals surface area contributed by atoms with Crippen LogP contribution in [0.2, 0.25) is 5.02 Å². The number of hydrogen-bond acceptors (Lipinski definition) is 6. The van der Waals surface area contributed by atoms with E-state index in [4.69, 9.17) is 26.8 Å². The Bertz CT molecular complexity index is 1350. The highest BCUT2D eigenvalue weighted by atomic mass is 35.5. The second-order valence-corrected chi connectivity index (χ2v) is 9.13. The first-order valence-corrected chi connectivity index (χ1v) is 12.7. The van der Waals surface area contributed by atoms with Gasteiger partial charge in [-0.1, -0.05) is 35.9 Å². The van der Waals surface area contributed by atoms with Crippen molar-refractivity contribution in [2.45, 2.75) is 38.3 Å². The molecule has 0 aliphatic heterocycles. The number of fused-ring (bicyclic) bond motifs is 1. The van der Waals surface area contributed by atoms with Gasteiger partial charge < -0.3 is 30.8 Å². The van der Waals surface area contributed by atoms with Crippen LogP contribution in [0.4, 0.5) is 0 Å². The Hall–Kier alpha value is -4.31. The summed E-state index contributed by atoms with van der Waals surface area (Å²) in [4.78, 5) is 52.9. The summed E-state index contributed by atoms with van der Waals surface area (Å²) in [6, 6.07) is 12.2. The summed E-state index contributed by atoms with van der Waals surface area (Å²) < 4.78 is 10.3. The molecule has 5 N–H and O–H groups in total. The normalized spacial score (nSPS) is 12.6. The van der Waals surface area contributed by atoms with Crippen molar-refractivity contribution in [1.29, 1.82) is 0 Å². The molecule has 0 saturated carbocycles. The van der Waals surface area contributed by atoms with Crippen molar-refractivity contribution < 1.29 is 28.7 Å². The van der Waals surface area contributed by atoms with Crippen LogP contribution in [0.5, 0.6) is 5.75 Å². The zero-order valence-electron chi connectivity index (χ0n) is 21.7. The van der Waals surface area contributed by atoms with E-state index >= 15 is 0 Å². The van der Waals surface area contributed by atoms with Gasteiger partial charge in [0.25, 0.3) is 5.91 Å². The number of aromatic amines is 1. The average molecular weight is 555 g/mol. The molecule has 2 atom stereocenters. The maximum absolute atomic E-state index is 13.4. The number of halogens is 1. The van der Waals surface area contributed by atoms with E-state index in [9.17, 15) is 19.2 Å². The van der Waals surface area contributed by atoms with Gasteiger partial charge >= 0.3 is 5.97 Å². The molecule has 0 saturated heterocycles. The lowest BCUT2D eigenvalue weighted by Crippen LogP contribution is -2.50. The molecule has 0 radical (unpaired) electrons. The van der Waals surface area contributed by atoms with Crippen molar-refractivity contribution >= 4 is 46.2 Å². The van der Waals surface area contributed by atoms with E-state index in [0.29, 0.717) is 16.3 Å². The number of carbonyl (C=O) groups is 4. The highest BCUT2D eigenvalue weighted by molar-refractivity contribution is 6.30. The summed E-state index contributed by atoms with van der Waals surface area (Å²) in [6.45, 7) is 1.86. The quantitative estimate of drug-likeness (QED) is 0.188. The van der Waals surface area contributed by atoms with Gasteiger partial charge in [0, 0.05) is 40.9 Å². The molecule has 0 aliphatic carbocycles. The molecule has 2 unspecified atom stereocenters. The molecule has 3 rings (SSSR count). The van der Waals surface area contributed by atoms with Crippen molar-refractivity contribution in [3.63, 3.8) is 0 Å². The molecular weight excluding hydrogens is 524 g/mol. The second kappa shape index (κ2) is 14.0. The number of nitrogens with two attached hydrogens (primary N) is 1. The smallest absolute Gasteiger partial charge is 0.330 e. The maximum Gasteiger partial charge on any atom is 0.330 e. The molecule has 0 spiro atoms. The van der Waals surface area contributed by atoms with E-state index < -0.39 is 35.8 Å². The summed E-state index contributed by atoms with van der Waals surface area (Å²) in [5.41, 5.74) is 6.99. The van der Waals surface area contributed by atoms with Crippen LogP contribution in [0.1, 0.15) is 35.8 Å². The molecule has 2 aromatic carbocycles. The number of primary amides is 1. The first-order valence-electron chi connectivity index (χ1n) is 12.3. The van der Waals surface area contributed by atoms with Crippen LogP contribution in [0.3, 0.4) is 0 Å². The number of benzene rings is 2. The SMILES string of the molecule is CCOC(=O)C=CC(CCC(N)=O)NC(=O)C(Cc1ccc(Cl)cc1)NC(=O)c1cc2c(OC)cccc2[nH]1. The first kappa shape index (κ1) is 29.2. The molecule has 11 heteroatoms. The van der Waals surface area contributed by atoms with Gasteiger partial charge in [0.15, 0.2) is 0 Å². The lowest BCUT2D eigenvalue weighted by atomic mass is 10.0. The third-order valence-corrected chi connectivity index (χ3v) is 6.10. The van der Waals surface area contributed by atoms with E-state index in [1.165, 1.54) is 12.2 Å². The third kappa shape index (κ3) is 8.61. The minimum atomic E-state index is -1.00. The fraction of sp³-hybridized carbons (Fsp3) is 0.286. The lowest BCUT2D eigenvalue weighted by Gasteiger charge is -2.22. The van der Waals surface area contributed by atoms with Crippen LogP contribution in [-0.4, -0.2) is 54.5 Å². The Kier molecular flexibility index (Phi) is 10.5. The van der Waals surface area contributed by atoms with Crippen molar-refractivity contribution in [2.75, 3.05) is 13.7 Å². The Balaban J connectivity index is 1.84. The third-order valence-electron chi connectivity index (χ3n) is 5.84. The van der Waals surface area contributed by atoms with Gasteiger partial charge in [-0.05, 0) is 49.2 Å². The van der Waals surface area contributed by atoms with Gasteiger partial charge in [-0.15, -0.1) is 0 Å². The Labute approximate surface area is 230 Å². The van der Waals surface area contributed by atoms with Crippen molar-refractivity contribution in [3.8, 4) is 5.75 Å². The number of amides is 3. The molecule has 39 heavy (non-hydrogen) atoms. The van der Waals surface area contributed by atoms with Gasteiger partial charge in [0.05, 0.1) is 13.7 Å². The molecule has 0 fully saturated rings. The van der Waals surface area contributed by atoms with E-state index in [1.807, 2.05) is 6.07 Å². The van der Waals surface area contributed by atoms with Gasteiger partial charge in [-0.3, -0.25) is 14.4 Å². The number of ether oxygens (including phenoxy) is 2. The van der Waals surface area contributed by atoms with Crippen LogP contribution in [-0.2, 0) is 25.5 Å². The van der Waals surface area contributed by atoms with Gasteiger partial charge in [0.1, 0.15) is 17.5 Å². The summed E-state index contributed by atoms with van der Waals surface area (Å²) in [6.07, 6.45) is 2.90. The summed E-state index contributed by atoms with van der Waals surface area (Å²) in [5.74, 6) is -1.56. The van der Waals surface area contributed by atoms with Crippen LogP contribution in [0, 0.1) is 0 Å². The number of H-pyrrole nitrogens is 1. The predicted molar refractivity (Wildman–Crippen MR) is 147 cm³/mol. The standard InChI is InChI=1S/C28H31ClN4O6/c1-3-39-26(35)14-12-19(11-13-25(30)34)31-27(36)22(15-17-7-9-18(29)10-8-17)33-28(37)23-16-20-21(32-23)5-4-6-24(20)38-2/h4-10,12,14,16,19,22,32H,3,11,13,15H2,1-2H3,(H2,30,34)(H,31,36)(H,33,37). The van der Waals surface area contributed by atoms with Crippen LogP contribution in [0.15, 0.2) is 60.7 Å². The highest BCUT2D eigenvalue weighted by Crippen LogP contribution is 2.26. The average Bonchev–Trinajstić information content (AvgIpc) is 3.36. The highest BCUT2D eigenvalue weighted by Gasteiger charge is 2.25. The largest absolute Gasteiger partial charge is 0.496 e. The van der Waals surface area contributed by atoms with Gasteiger partial charge in [-0.2, -0.15) is 0 Å². The van der Waals surface area contributed by atoms with Crippen LogP contribution < -0.4 is 21.1 Å².